The van der Waals surface area contributed by atoms with Gasteiger partial charge in [-0.05, 0) is 0 Å². The van der Waals surface area contributed by atoms with Crippen molar-refractivity contribution >= 4 is 0 Å². The van der Waals surface area contributed by atoms with Crippen LogP contribution in [0.2, 0.25) is 0 Å². The summed E-state index contributed by atoms with van der Waals surface area (Å²) in [4.78, 5) is 0. The van der Waals surface area contributed by atoms with Gasteiger partial charge < -0.3 is 0 Å². The number of allylic oxidation sites excluding steroid dienone is 2. The predicted molar refractivity (Wildman–Crippen MR) is 36.1 cm³/mol. The first-order valence-corrected chi connectivity index (χ1v) is 3.95. The van der Waals surface area contributed by atoms with E-state index >= 15 is 0 Å². The van der Waals surface area contributed by atoms with E-state index in [1.165, 1.54) is 0 Å². The molecular weight excluding hydrogens is 312 g/mol. The normalized spacial score (nSPS) is 16.4. The maximum atomic E-state index is 12.8. The SMILES string of the molecule is FCC(=C(F)C(F)(C(F)(F)F)C(F)(F)F)C(F)(F)F. The van der Waals surface area contributed by atoms with Crippen LogP contribution in [0.3, 0.4) is 0 Å². The second-order valence-electron chi connectivity index (χ2n) is 3.08. The second-order valence-corrected chi connectivity index (χ2v) is 3.08. The standard InChI is InChI=1S/C7H2F12/c8-1-2(5(11,12)13)3(9)4(10,6(14,15)16)7(17,18)19/h1H2. The number of halogens is 12. The Bertz CT molecular complexity index is 338. The molecule has 0 radical (unpaired) electrons. The first-order valence-electron chi connectivity index (χ1n) is 3.95. The quantitative estimate of drug-likeness (QED) is 0.655. The Morgan fingerprint density at radius 2 is 1.00 bits per heavy atom. The summed E-state index contributed by atoms with van der Waals surface area (Å²) in [7, 11) is 0. The highest BCUT2D eigenvalue weighted by Crippen LogP contribution is 2.53. The van der Waals surface area contributed by atoms with Crippen molar-refractivity contribution < 1.29 is 52.7 Å². The molecule has 0 aromatic carbocycles. The van der Waals surface area contributed by atoms with E-state index in [-0.39, 0.29) is 0 Å². The minimum absolute atomic E-state index is 3.09. The molecule has 0 saturated heterocycles. The fourth-order valence-electron chi connectivity index (χ4n) is 0.876. The molecule has 0 atom stereocenters. The minimum atomic E-state index is -7.08. The number of hydrogen-bond acceptors (Lipinski definition) is 0. The molecule has 0 nitrogen and oxygen atoms in total. The van der Waals surface area contributed by atoms with E-state index in [1.807, 2.05) is 0 Å². The molecule has 0 spiro atoms. The first-order chi connectivity index (χ1) is 8.10. The summed E-state index contributed by atoms with van der Waals surface area (Å²) in [6, 6.07) is 0. The van der Waals surface area contributed by atoms with Gasteiger partial charge in [-0.2, -0.15) is 39.5 Å². The second kappa shape index (κ2) is 4.78. The van der Waals surface area contributed by atoms with Crippen molar-refractivity contribution in [2.75, 3.05) is 6.67 Å². The van der Waals surface area contributed by atoms with Crippen molar-refractivity contribution in [3.05, 3.63) is 11.4 Å². The summed E-state index contributed by atoms with van der Waals surface area (Å²) in [5, 5.41) is 0. The summed E-state index contributed by atoms with van der Waals surface area (Å²) in [5.74, 6) is -4.32. The Kier molecular flexibility index (Phi) is 4.50. The van der Waals surface area contributed by atoms with Gasteiger partial charge >= 0.3 is 24.2 Å². The van der Waals surface area contributed by atoms with E-state index in [9.17, 15) is 52.7 Å². The molecule has 0 aromatic heterocycles. The molecule has 114 valence electrons. The average Bonchev–Trinajstić information content (AvgIpc) is 2.11. The van der Waals surface area contributed by atoms with Crippen LogP contribution in [0.25, 0.3) is 0 Å². The van der Waals surface area contributed by atoms with Gasteiger partial charge in [0.05, 0.1) is 5.57 Å². The van der Waals surface area contributed by atoms with Crippen LogP contribution >= 0.6 is 0 Å². The van der Waals surface area contributed by atoms with Gasteiger partial charge in [0.25, 0.3) is 0 Å². The van der Waals surface area contributed by atoms with Crippen molar-refractivity contribution in [1.29, 1.82) is 0 Å². The zero-order valence-corrected chi connectivity index (χ0v) is 8.24. The molecule has 0 amide bonds. The third kappa shape index (κ3) is 3.08. The molecular formula is C7H2F12. The third-order valence-corrected chi connectivity index (χ3v) is 1.82. The number of hydrogen-bond donors (Lipinski definition) is 0. The lowest BCUT2D eigenvalue weighted by Gasteiger charge is -2.29. The van der Waals surface area contributed by atoms with Crippen LogP contribution in [0, 0.1) is 0 Å². The number of alkyl halides is 11. The van der Waals surface area contributed by atoms with Crippen molar-refractivity contribution in [3.63, 3.8) is 0 Å². The van der Waals surface area contributed by atoms with E-state index in [4.69, 9.17) is 0 Å². The van der Waals surface area contributed by atoms with Crippen molar-refractivity contribution in [1.82, 2.24) is 0 Å². The first kappa shape index (κ1) is 17.9. The van der Waals surface area contributed by atoms with Gasteiger partial charge in [0.1, 0.15) is 6.67 Å². The predicted octanol–water partition coefficient (Wildman–Crippen LogP) is 4.57. The highest BCUT2D eigenvalue weighted by Gasteiger charge is 2.76. The Morgan fingerprint density at radius 3 is 1.16 bits per heavy atom. The van der Waals surface area contributed by atoms with Gasteiger partial charge in [0.2, 0.25) is 0 Å². The van der Waals surface area contributed by atoms with Gasteiger partial charge in [-0.15, -0.1) is 0 Å². The fourth-order valence-corrected chi connectivity index (χ4v) is 0.876. The molecule has 0 aliphatic rings. The molecule has 12 heteroatoms. The van der Waals surface area contributed by atoms with E-state index in [0.717, 1.165) is 0 Å². The van der Waals surface area contributed by atoms with Crippen LogP contribution in [-0.4, -0.2) is 30.9 Å². The lowest BCUT2D eigenvalue weighted by Crippen LogP contribution is -2.54. The summed E-state index contributed by atoms with van der Waals surface area (Å²) < 4.78 is 144. The van der Waals surface area contributed by atoms with E-state index < -0.39 is 42.3 Å². The van der Waals surface area contributed by atoms with Crippen LogP contribution in [0.5, 0.6) is 0 Å². The lowest BCUT2D eigenvalue weighted by atomic mass is 9.99. The molecule has 0 saturated carbocycles. The van der Waals surface area contributed by atoms with Crippen LogP contribution in [0.15, 0.2) is 11.4 Å². The maximum Gasteiger partial charge on any atom is 0.438 e. The molecule has 0 aliphatic heterocycles. The Morgan fingerprint density at radius 1 is 0.684 bits per heavy atom. The van der Waals surface area contributed by atoms with E-state index in [2.05, 4.69) is 0 Å². The largest absolute Gasteiger partial charge is 0.438 e. The van der Waals surface area contributed by atoms with Crippen LogP contribution in [0.1, 0.15) is 0 Å². The monoisotopic (exact) mass is 314 g/mol. The molecule has 0 aromatic rings. The fraction of sp³-hybridized carbons (Fsp3) is 0.714. The van der Waals surface area contributed by atoms with Crippen molar-refractivity contribution in [2.45, 2.75) is 24.2 Å². The van der Waals surface area contributed by atoms with Crippen molar-refractivity contribution in [3.8, 4) is 0 Å². The highest BCUT2D eigenvalue weighted by atomic mass is 19.4. The molecule has 0 aliphatic carbocycles. The zero-order valence-electron chi connectivity index (χ0n) is 8.24. The highest BCUT2D eigenvalue weighted by molar-refractivity contribution is 5.27. The average molecular weight is 314 g/mol. The maximum absolute atomic E-state index is 12.8. The Labute approximate surface area is 96.2 Å². The topological polar surface area (TPSA) is 0 Å². The van der Waals surface area contributed by atoms with Crippen LogP contribution in [0.4, 0.5) is 52.7 Å². The van der Waals surface area contributed by atoms with Gasteiger partial charge in [-0.3, -0.25) is 0 Å². The zero-order chi connectivity index (χ0) is 15.9. The third-order valence-electron chi connectivity index (χ3n) is 1.82. The summed E-state index contributed by atoms with van der Waals surface area (Å²) in [5.41, 5.74) is -10.5. The van der Waals surface area contributed by atoms with E-state index in [0.29, 0.717) is 0 Å². The van der Waals surface area contributed by atoms with Gasteiger partial charge in [0, 0.05) is 0 Å². The summed E-state index contributed by atoms with van der Waals surface area (Å²) in [6.07, 6.45) is -20.4. The van der Waals surface area contributed by atoms with Gasteiger partial charge in [-0.25, -0.2) is 13.2 Å². The Hall–Kier alpha value is -1.10. The minimum Gasteiger partial charge on any atom is -0.246 e. The van der Waals surface area contributed by atoms with E-state index in [1.54, 1.807) is 0 Å². The Balaban J connectivity index is 6.29. The molecule has 0 rings (SSSR count). The molecule has 19 heavy (non-hydrogen) atoms. The molecule has 0 unspecified atom stereocenters. The van der Waals surface area contributed by atoms with Crippen LogP contribution in [-0.2, 0) is 0 Å². The lowest BCUT2D eigenvalue weighted by molar-refractivity contribution is -0.332. The van der Waals surface area contributed by atoms with Gasteiger partial charge in [-0.1, -0.05) is 0 Å². The van der Waals surface area contributed by atoms with Crippen molar-refractivity contribution in [2.24, 2.45) is 0 Å². The molecule has 0 heterocycles. The number of rotatable bonds is 2. The molecule has 0 bridgehead atoms. The molecule has 0 fully saturated rings. The van der Waals surface area contributed by atoms with Gasteiger partial charge in [0.15, 0.2) is 5.83 Å². The molecule has 0 N–H and O–H groups in total. The summed E-state index contributed by atoms with van der Waals surface area (Å²) >= 11 is 0. The smallest absolute Gasteiger partial charge is 0.246 e. The summed E-state index contributed by atoms with van der Waals surface area (Å²) in [6.45, 7) is -3.09. The van der Waals surface area contributed by atoms with Crippen LogP contribution < -0.4 is 0 Å².